The minimum atomic E-state index is -0.898. The maximum Gasteiger partial charge on any atom is 0.284 e. The maximum atomic E-state index is 13.6. The van der Waals surface area contributed by atoms with Crippen LogP contribution in [0.25, 0.3) is 16.9 Å². The lowest BCUT2D eigenvalue weighted by atomic mass is 10.1. The van der Waals surface area contributed by atoms with Crippen molar-refractivity contribution in [2.24, 2.45) is 5.73 Å². The van der Waals surface area contributed by atoms with Crippen LogP contribution in [0.3, 0.4) is 0 Å². The molecule has 1 aromatic heterocycles. The quantitative estimate of drug-likeness (QED) is 0.747. The third kappa shape index (κ3) is 3.68. The summed E-state index contributed by atoms with van der Waals surface area (Å²) in [5.41, 5.74) is 6.23. The molecule has 27 heavy (non-hydrogen) atoms. The van der Waals surface area contributed by atoms with Gasteiger partial charge in [0.2, 0.25) is 0 Å². The standard InChI is InChI=1S/C19H16ClFN4O2/c1-24(2)17-7-6-11(8-15(17)20)16-10-14(18(22)26)19(27)25(23-16)13-5-3-4-12(21)9-13/h3-10H,1-2H3,(H2,22,26). The van der Waals surface area contributed by atoms with E-state index in [2.05, 4.69) is 5.10 Å². The zero-order chi connectivity index (χ0) is 19.7. The number of benzene rings is 2. The van der Waals surface area contributed by atoms with Gasteiger partial charge in [-0.15, -0.1) is 0 Å². The van der Waals surface area contributed by atoms with Crippen LogP contribution in [0.1, 0.15) is 10.4 Å². The molecule has 1 amide bonds. The molecule has 3 aromatic rings. The number of hydrogen-bond acceptors (Lipinski definition) is 4. The molecule has 0 fully saturated rings. The Bertz CT molecular complexity index is 1100. The Morgan fingerprint density at radius 2 is 1.93 bits per heavy atom. The van der Waals surface area contributed by atoms with E-state index in [4.69, 9.17) is 17.3 Å². The second-order valence-electron chi connectivity index (χ2n) is 6.06. The molecule has 0 saturated heterocycles. The maximum absolute atomic E-state index is 13.6. The summed E-state index contributed by atoms with van der Waals surface area (Å²) in [4.78, 5) is 26.2. The van der Waals surface area contributed by atoms with Crippen molar-refractivity contribution in [1.29, 1.82) is 0 Å². The van der Waals surface area contributed by atoms with E-state index in [9.17, 15) is 14.0 Å². The SMILES string of the molecule is CN(C)c1ccc(-c2cc(C(N)=O)c(=O)n(-c3cccc(F)c3)n2)cc1Cl. The van der Waals surface area contributed by atoms with E-state index in [0.717, 1.165) is 16.4 Å². The molecule has 2 N–H and O–H groups in total. The number of anilines is 1. The fourth-order valence-electron chi connectivity index (χ4n) is 2.62. The number of primary amides is 1. The second-order valence-corrected chi connectivity index (χ2v) is 6.47. The molecule has 6 nitrogen and oxygen atoms in total. The summed E-state index contributed by atoms with van der Waals surface area (Å²) in [6.45, 7) is 0. The van der Waals surface area contributed by atoms with Crippen molar-refractivity contribution in [3.8, 4) is 16.9 Å². The predicted molar refractivity (Wildman–Crippen MR) is 103 cm³/mol. The molecule has 0 unspecified atom stereocenters. The Kier molecular flexibility index (Phi) is 4.96. The van der Waals surface area contributed by atoms with Gasteiger partial charge >= 0.3 is 0 Å². The van der Waals surface area contributed by atoms with Gasteiger partial charge in [0, 0.05) is 19.7 Å². The van der Waals surface area contributed by atoms with Crippen molar-refractivity contribution in [2.75, 3.05) is 19.0 Å². The lowest BCUT2D eigenvalue weighted by Crippen LogP contribution is -2.30. The molecule has 138 valence electrons. The summed E-state index contributed by atoms with van der Waals surface area (Å²) in [6.07, 6.45) is 0. The molecule has 0 aliphatic rings. The van der Waals surface area contributed by atoms with Crippen LogP contribution in [0.15, 0.2) is 53.3 Å². The number of nitrogens with zero attached hydrogens (tertiary/aromatic N) is 3. The fourth-order valence-corrected chi connectivity index (χ4v) is 2.97. The van der Waals surface area contributed by atoms with E-state index >= 15 is 0 Å². The van der Waals surface area contributed by atoms with Crippen LogP contribution in [0.2, 0.25) is 5.02 Å². The van der Waals surface area contributed by atoms with E-state index in [1.807, 2.05) is 19.0 Å². The van der Waals surface area contributed by atoms with Gasteiger partial charge in [-0.1, -0.05) is 23.7 Å². The van der Waals surface area contributed by atoms with Gasteiger partial charge in [-0.3, -0.25) is 9.59 Å². The minimum Gasteiger partial charge on any atom is -0.376 e. The van der Waals surface area contributed by atoms with E-state index in [0.29, 0.717) is 16.3 Å². The van der Waals surface area contributed by atoms with Crippen molar-refractivity contribution in [1.82, 2.24) is 9.78 Å². The van der Waals surface area contributed by atoms with Crippen molar-refractivity contribution in [3.63, 3.8) is 0 Å². The highest BCUT2D eigenvalue weighted by molar-refractivity contribution is 6.33. The molecule has 2 aromatic carbocycles. The summed E-state index contributed by atoms with van der Waals surface area (Å²) in [5.74, 6) is -1.43. The van der Waals surface area contributed by atoms with Crippen LogP contribution in [-0.2, 0) is 0 Å². The van der Waals surface area contributed by atoms with Crippen molar-refractivity contribution >= 4 is 23.2 Å². The van der Waals surface area contributed by atoms with Crippen molar-refractivity contribution in [2.45, 2.75) is 0 Å². The number of hydrogen-bond donors (Lipinski definition) is 1. The Labute approximate surface area is 159 Å². The van der Waals surface area contributed by atoms with Gasteiger partial charge in [-0.25, -0.2) is 4.39 Å². The monoisotopic (exact) mass is 386 g/mol. The van der Waals surface area contributed by atoms with Gasteiger partial charge in [-0.05, 0) is 36.4 Å². The summed E-state index contributed by atoms with van der Waals surface area (Å²) in [5, 5.41) is 4.75. The Morgan fingerprint density at radius 1 is 1.19 bits per heavy atom. The van der Waals surface area contributed by atoms with E-state index in [1.165, 1.54) is 24.3 Å². The van der Waals surface area contributed by atoms with Crippen LogP contribution >= 0.6 is 11.6 Å². The molecule has 0 atom stereocenters. The Hall–Kier alpha value is -3.19. The molecule has 1 heterocycles. The molecular formula is C19H16ClFN4O2. The first-order valence-electron chi connectivity index (χ1n) is 7.95. The second kappa shape index (κ2) is 7.20. The lowest BCUT2D eigenvalue weighted by Gasteiger charge is -2.15. The number of amides is 1. The third-order valence-electron chi connectivity index (χ3n) is 3.96. The number of carbonyl (C=O) groups excluding carboxylic acids is 1. The van der Waals surface area contributed by atoms with Crippen molar-refractivity contribution in [3.05, 3.63) is 75.3 Å². The van der Waals surface area contributed by atoms with Gasteiger partial charge in [0.15, 0.2) is 0 Å². The van der Waals surface area contributed by atoms with Crippen LogP contribution < -0.4 is 16.2 Å². The summed E-state index contributed by atoms with van der Waals surface area (Å²) >= 11 is 6.31. The highest BCUT2D eigenvalue weighted by Gasteiger charge is 2.16. The molecule has 0 spiro atoms. The number of carbonyl (C=O) groups is 1. The summed E-state index contributed by atoms with van der Waals surface area (Å²) < 4.78 is 14.5. The number of halogens is 2. The molecule has 0 aliphatic carbocycles. The minimum absolute atomic E-state index is 0.181. The van der Waals surface area contributed by atoms with Crippen molar-refractivity contribution < 1.29 is 9.18 Å². The van der Waals surface area contributed by atoms with Crippen LogP contribution in [0.5, 0.6) is 0 Å². The van der Waals surface area contributed by atoms with Crippen LogP contribution in [0.4, 0.5) is 10.1 Å². The highest BCUT2D eigenvalue weighted by atomic mass is 35.5. The molecule has 0 saturated carbocycles. The molecule has 3 rings (SSSR count). The molecule has 0 bridgehead atoms. The third-order valence-corrected chi connectivity index (χ3v) is 4.26. The fraction of sp³-hybridized carbons (Fsp3) is 0.105. The van der Waals surface area contributed by atoms with Gasteiger partial charge in [0.25, 0.3) is 11.5 Å². The topological polar surface area (TPSA) is 81.2 Å². The first kappa shape index (κ1) is 18.6. The molecule has 8 heteroatoms. The van der Waals surface area contributed by atoms with Crippen LogP contribution in [-0.4, -0.2) is 29.8 Å². The molecular weight excluding hydrogens is 371 g/mol. The van der Waals surface area contributed by atoms with Gasteiger partial charge in [0.05, 0.1) is 22.1 Å². The smallest absolute Gasteiger partial charge is 0.284 e. The van der Waals surface area contributed by atoms with E-state index in [1.54, 1.807) is 18.2 Å². The first-order chi connectivity index (χ1) is 12.8. The number of aromatic nitrogens is 2. The number of nitrogens with two attached hydrogens (primary N) is 1. The lowest BCUT2D eigenvalue weighted by molar-refractivity contribution is 0.0998. The van der Waals surface area contributed by atoms with Gasteiger partial charge in [0.1, 0.15) is 11.4 Å². The average Bonchev–Trinajstić information content (AvgIpc) is 2.61. The first-order valence-corrected chi connectivity index (χ1v) is 8.33. The average molecular weight is 387 g/mol. The van der Waals surface area contributed by atoms with Crippen LogP contribution in [0, 0.1) is 5.82 Å². The normalized spacial score (nSPS) is 10.7. The van der Waals surface area contributed by atoms with Gasteiger partial charge < -0.3 is 10.6 Å². The molecule has 0 aliphatic heterocycles. The Morgan fingerprint density at radius 3 is 2.52 bits per heavy atom. The summed E-state index contributed by atoms with van der Waals surface area (Å²) in [6, 6.07) is 11.9. The molecule has 0 radical (unpaired) electrons. The number of rotatable bonds is 4. The van der Waals surface area contributed by atoms with E-state index in [-0.39, 0.29) is 11.3 Å². The largest absolute Gasteiger partial charge is 0.376 e. The highest BCUT2D eigenvalue weighted by Crippen LogP contribution is 2.29. The van der Waals surface area contributed by atoms with E-state index < -0.39 is 17.3 Å². The predicted octanol–water partition coefficient (Wildman–Crippen LogP) is 2.86. The summed E-state index contributed by atoms with van der Waals surface area (Å²) in [7, 11) is 3.71. The Balaban J connectivity index is 2.24. The zero-order valence-electron chi connectivity index (χ0n) is 14.6. The zero-order valence-corrected chi connectivity index (χ0v) is 15.4. The van der Waals surface area contributed by atoms with Gasteiger partial charge in [-0.2, -0.15) is 9.78 Å².